The summed E-state index contributed by atoms with van der Waals surface area (Å²) in [6.07, 6.45) is 2.83. The molecule has 0 aliphatic heterocycles. The number of benzene rings is 2. The number of rotatable bonds is 6. The summed E-state index contributed by atoms with van der Waals surface area (Å²) in [5, 5.41) is 0.410. The van der Waals surface area contributed by atoms with Gasteiger partial charge in [0.1, 0.15) is 0 Å². The lowest BCUT2D eigenvalue weighted by atomic mass is 10.3. The number of sulfone groups is 1. The second kappa shape index (κ2) is 7.72. The minimum atomic E-state index is -3.96. The van der Waals surface area contributed by atoms with E-state index >= 15 is 0 Å². The van der Waals surface area contributed by atoms with Gasteiger partial charge in [0.15, 0.2) is 10.1 Å². The van der Waals surface area contributed by atoms with Gasteiger partial charge in [0.2, 0.25) is 9.84 Å². The summed E-state index contributed by atoms with van der Waals surface area (Å²) in [6.45, 7) is 3.67. The Balaban J connectivity index is 2.24. The predicted octanol–water partition coefficient (Wildman–Crippen LogP) is 3.34. The molecule has 3 rings (SSSR count). The van der Waals surface area contributed by atoms with Crippen LogP contribution in [0.1, 0.15) is 0 Å². The lowest BCUT2D eigenvalue weighted by molar-refractivity contribution is 0.591. The van der Waals surface area contributed by atoms with E-state index in [0.717, 1.165) is 6.20 Å². The summed E-state index contributed by atoms with van der Waals surface area (Å²) in [5.41, 5.74) is -0.0664. The molecule has 0 unspecified atom stereocenters. The second-order valence-electron chi connectivity index (χ2n) is 5.30. The van der Waals surface area contributed by atoms with E-state index in [4.69, 9.17) is 0 Å². The van der Waals surface area contributed by atoms with Crippen LogP contribution in [0.4, 0.5) is 0 Å². The van der Waals surface area contributed by atoms with Gasteiger partial charge in [0, 0.05) is 5.75 Å². The third-order valence-corrected chi connectivity index (χ3v) is 6.29. The van der Waals surface area contributed by atoms with Gasteiger partial charge in [0.25, 0.3) is 5.56 Å². The van der Waals surface area contributed by atoms with Crippen molar-refractivity contribution in [1.29, 1.82) is 0 Å². The van der Waals surface area contributed by atoms with E-state index < -0.39 is 15.4 Å². The van der Waals surface area contributed by atoms with Crippen molar-refractivity contribution in [3.05, 3.63) is 89.9 Å². The van der Waals surface area contributed by atoms with E-state index in [9.17, 15) is 13.2 Å². The summed E-state index contributed by atoms with van der Waals surface area (Å²) in [7, 11) is -3.96. The molecule has 26 heavy (non-hydrogen) atoms. The molecular weight excluding hydrogens is 368 g/mol. The molecule has 1 heterocycles. The fourth-order valence-corrected chi connectivity index (χ4v) is 4.37. The van der Waals surface area contributed by atoms with Crippen LogP contribution in [0.5, 0.6) is 0 Å². The molecule has 3 aromatic rings. The number of nitrogens with zero attached hydrogens (tertiary/aromatic N) is 2. The molecule has 7 heteroatoms. The summed E-state index contributed by atoms with van der Waals surface area (Å²) in [4.78, 5) is 17.0. The molecule has 0 saturated heterocycles. The van der Waals surface area contributed by atoms with Crippen LogP contribution in [0.3, 0.4) is 0 Å². The first-order valence-corrected chi connectivity index (χ1v) is 10.2. The fourth-order valence-electron chi connectivity index (χ4n) is 2.37. The largest absolute Gasteiger partial charge is 0.277 e. The van der Waals surface area contributed by atoms with Crippen LogP contribution in [0.15, 0.2) is 99.3 Å². The third-order valence-electron chi connectivity index (χ3n) is 3.59. The molecule has 1 aromatic heterocycles. The van der Waals surface area contributed by atoms with Crippen LogP contribution < -0.4 is 5.56 Å². The molecule has 0 aliphatic rings. The molecule has 0 aliphatic carbocycles. The van der Waals surface area contributed by atoms with Crippen molar-refractivity contribution < 1.29 is 8.42 Å². The van der Waals surface area contributed by atoms with Crippen molar-refractivity contribution in [2.75, 3.05) is 5.75 Å². The number of hydrogen-bond donors (Lipinski definition) is 0. The van der Waals surface area contributed by atoms with Gasteiger partial charge in [-0.05, 0) is 24.3 Å². The van der Waals surface area contributed by atoms with Gasteiger partial charge in [-0.15, -0.1) is 6.58 Å². The maximum atomic E-state index is 13.1. The van der Waals surface area contributed by atoms with Gasteiger partial charge in [-0.2, -0.15) is 0 Å². The Morgan fingerprint density at radius 1 is 1.04 bits per heavy atom. The lowest BCUT2D eigenvalue weighted by Gasteiger charge is -2.13. The van der Waals surface area contributed by atoms with Crippen molar-refractivity contribution in [3.8, 4) is 5.69 Å². The molecule has 0 N–H and O–H groups in total. The van der Waals surface area contributed by atoms with E-state index in [1.807, 2.05) is 6.07 Å². The van der Waals surface area contributed by atoms with Gasteiger partial charge in [-0.3, -0.25) is 9.36 Å². The number of hydrogen-bond acceptors (Lipinski definition) is 5. The molecule has 0 fully saturated rings. The highest BCUT2D eigenvalue weighted by atomic mass is 32.2. The standard InChI is InChI=1S/C19H16N2O3S2/c1-2-13-25-19-20-14-17(26(23,24)16-11-7-4-8-12-16)18(22)21(19)15-9-5-3-6-10-15/h2-12,14H,1,13H2. The van der Waals surface area contributed by atoms with Crippen LogP contribution in [0.25, 0.3) is 5.69 Å². The molecule has 0 atom stereocenters. The molecular formula is C19H16N2O3S2. The third kappa shape index (κ3) is 3.49. The fraction of sp³-hybridized carbons (Fsp3) is 0.0526. The first-order valence-electron chi connectivity index (χ1n) is 7.77. The Morgan fingerprint density at radius 3 is 2.27 bits per heavy atom. The Kier molecular flexibility index (Phi) is 5.39. The minimum Gasteiger partial charge on any atom is -0.267 e. The van der Waals surface area contributed by atoms with E-state index in [2.05, 4.69) is 11.6 Å². The van der Waals surface area contributed by atoms with Gasteiger partial charge in [0.05, 0.1) is 16.8 Å². The number of para-hydroxylation sites is 1. The van der Waals surface area contributed by atoms with Crippen molar-refractivity contribution in [2.24, 2.45) is 0 Å². The number of aromatic nitrogens is 2. The Bertz CT molecular complexity index is 1080. The molecule has 5 nitrogen and oxygen atoms in total. The maximum Gasteiger partial charge on any atom is 0.277 e. The zero-order chi connectivity index (χ0) is 18.6. The Morgan fingerprint density at radius 2 is 1.65 bits per heavy atom. The van der Waals surface area contributed by atoms with Crippen LogP contribution in [-0.2, 0) is 9.84 Å². The van der Waals surface area contributed by atoms with Gasteiger partial charge >= 0.3 is 0 Å². The van der Waals surface area contributed by atoms with E-state index in [0.29, 0.717) is 16.6 Å². The van der Waals surface area contributed by atoms with Crippen molar-refractivity contribution in [3.63, 3.8) is 0 Å². The van der Waals surface area contributed by atoms with E-state index in [-0.39, 0.29) is 9.79 Å². The van der Waals surface area contributed by atoms with Gasteiger partial charge in [-0.1, -0.05) is 54.2 Å². The SMILES string of the molecule is C=CCSc1ncc(S(=O)(=O)c2ccccc2)c(=O)n1-c1ccccc1. The number of thioether (sulfide) groups is 1. The highest BCUT2D eigenvalue weighted by Gasteiger charge is 2.24. The van der Waals surface area contributed by atoms with Crippen LogP contribution in [0.2, 0.25) is 0 Å². The van der Waals surface area contributed by atoms with Crippen molar-refractivity contribution in [1.82, 2.24) is 9.55 Å². The molecule has 2 aromatic carbocycles. The lowest BCUT2D eigenvalue weighted by Crippen LogP contribution is -2.27. The summed E-state index contributed by atoms with van der Waals surface area (Å²) < 4.78 is 27.1. The Hall–Kier alpha value is -2.64. The Labute approximate surface area is 156 Å². The second-order valence-corrected chi connectivity index (χ2v) is 8.20. The van der Waals surface area contributed by atoms with Gasteiger partial charge in [-0.25, -0.2) is 13.4 Å². The molecule has 0 radical (unpaired) electrons. The van der Waals surface area contributed by atoms with Crippen LogP contribution >= 0.6 is 11.8 Å². The summed E-state index contributed by atoms with van der Waals surface area (Å²) >= 11 is 1.31. The average Bonchev–Trinajstić information content (AvgIpc) is 2.67. The molecule has 0 amide bonds. The van der Waals surface area contributed by atoms with Crippen LogP contribution in [0, 0.1) is 0 Å². The van der Waals surface area contributed by atoms with Crippen molar-refractivity contribution >= 4 is 21.6 Å². The monoisotopic (exact) mass is 384 g/mol. The maximum absolute atomic E-state index is 13.1. The average molecular weight is 384 g/mol. The first-order chi connectivity index (χ1) is 12.6. The summed E-state index contributed by atoms with van der Waals surface area (Å²) in [5.74, 6) is 0.546. The zero-order valence-corrected chi connectivity index (χ0v) is 15.4. The smallest absolute Gasteiger partial charge is 0.267 e. The zero-order valence-electron chi connectivity index (χ0n) is 13.8. The quantitative estimate of drug-likeness (QED) is 0.370. The predicted molar refractivity (Wildman–Crippen MR) is 103 cm³/mol. The highest BCUT2D eigenvalue weighted by molar-refractivity contribution is 7.99. The molecule has 0 saturated carbocycles. The summed E-state index contributed by atoms with van der Waals surface area (Å²) in [6, 6.07) is 16.7. The van der Waals surface area contributed by atoms with E-state index in [1.165, 1.54) is 28.5 Å². The van der Waals surface area contributed by atoms with Gasteiger partial charge < -0.3 is 0 Å². The van der Waals surface area contributed by atoms with Crippen molar-refractivity contribution in [2.45, 2.75) is 14.9 Å². The molecule has 0 spiro atoms. The van der Waals surface area contributed by atoms with Crippen LogP contribution in [-0.4, -0.2) is 23.7 Å². The molecule has 0 bridgehead atoms. The first kappa shape index (κ1) is 18.2. The molecule has 132 valence electrons. The highest BCUT2D eigenvalue weighted by Crippen LogP contribution is 2.22. The topological polar surface area (TPSA) is 69.0 Å². The minimum absolute atomic E-state index is 0.0602. The normalized spacial score (nSPS) is 11.2. The van der Waals surface area contributed by atoms with E-state index in [1.54, 1.807) is 48.5 Å².